The van der Waals surface area contributed by atoms with Gasteiger partial charge in [-0.05, 0) is 73.8 Å². The number of benzene rings is 1. The van der Waals surface area contributed by atoms with Crippen molar-refractivity contribution in [1.29, 1.82) is 0 Å². The zero-order valence-electron chi connectivity index (χ0n) is 13.6. The molecule has 1 saturated carbocycles. The van der Waals surface area contributed by atoms with Gasteiger partial charge in [-0.3, -0.25) is 0 Å². The molecule has 2 atom stereocenters. The molecule has 1 aliphatic carbocycles. The molecule has 0 N–H and O–H groups in total. The second kappa shape index (κ2) is 6.91. The van der Waals surface area contributed by atoms with Crippen LogP contribution in [-0.2, 0) is 12.8 Å². The van der Waals surface area contributed by atoms with E-state index in [-0.39, 0.29) is 0 Å². The topological polar surface area (TPSA) is 13.1 Å². The van der Waals surface area contributed by atoms with E-state index in [2.05, 4.69) is 25.1 Å². The fourth-order valence-electron chi connectivity index (χ4n) is 3.88. The fraction of sp³-hybridized carbons (Fsp3) is 0.500. The Morgan fingerprint density at radius 3 is 2.41 bits per heavy atom. The van der Waals surface area contributed by atoms with Gasteiger partial charge in [0.1, 0.15) is 5.76 Å². The molecule has 118 valence electrons. The Kier molecular flexibility index (Phi) is 4.93. The van der Waals surface area contributed by atoms with Gasteiger partial charge in [-0.1, -0.05) is 43.0 Å². The Morgan fingerprint density at radius 2 is 1.77 bits per heavy atom. The molecule has 1 aliphatic rings. The van der Waals surface area contributed by atoms with E-state index in [4.69, 9.17) is 16.0 Å². The van der Waals surface area contributed by atoms with Gasteiger partial charge in [0.2, 0.25) is 0 Å². The van der Waals surface area contributed by atoms with Gasteiger partial charge in [0.25, 0.3) is 0 Å². The predicted molar refractivity (Wildman–Crippen MR) is 92.5 cm³/mol. The van der Waals surface area contributed by atoms with Crippen molar-refractivity contribution in [2.24, 2.45) is 11.8 Å². The highest BCUT2D eigenvalue weighted by Crippen LogP contribution is 2.34. The van der Waals surface area contributed by atoms with E-state index in [0.717, 1.165) is 22.6 Å². The number of rotatable bonds is 4. The van der Waals surface area contributed by atoms with E-state index in [1.54, 1.807) is 0 Å². The Bertz CT molecular complexity index is 628. The molecule has 0 radical (unpaired) electrons. The second-order valence-corrected chi connectivity index (χ2v) is 7.36. The summed E-state index contributed by atoms with van der Waals surface area (Å²) in [4.78, 5) is 0. The normalized spacial score (nSPS) is 22.0. The molecular weight excluding hydrogens is 292 g/mol. The van der Waals surface area contributed by atoms with Crippen LogP contribution in [0.1, 0.15) is 48.1 Å². The Balaban J connectivity index is 1.59. The number of halogens is 1. The molecule has 0 saturated heterocycles. The average molecular weight is 317 g/mol. The summed E-state index contributed by atoms with van der Waals surface area (Å²) in [5.41, 5.74) is 4.00. The maximum Gasteiger partial charge on any atom is 0.100 e. The highest BCUT2D eigenvalue weighted by atomic mass is 35.5. The first-order valence-corrected chi connectivity index (χ1v) is 8.77. The third kappa shape index (κ3) is 3.95. The smallest absolute Gasteiger partial charge is 0.100 e. The molecule has 22 heavy (non-hydrogen) atoms. The lowest BCUT2D eigenvalue weighted by Gasteiger charge is -2.29. The molecule has 0 bridgehead atoms. The van der Waals surface area contributed by atoms with Gasteiger partial charge < -0.3 is 4.42 Å². The maximum absolute atomic E-state index is 6.13. The lowest BCUT2D eigenvalue weighted by Crippen LogP contribution is -2.19. The molecule has 2 aromatic rings. The summed E-state index contributed by atoms with van der Waals surface area (Å²) in [6.07, 6.45) is 9.72. The van der Waals surface area contributed by atoms with Gasteiger partial charge in [0, 0.05) is 5.02 Å². The summed E-state index contributed by atoms with van der Waals surface area (Å²) < 4.78 is 5.44. The van der Waals surface area contributed by atoms with Crippen LogP contribution in [0.15, 0.2) is 34.9 Å². The van der Waals surface area contributed by atoms with Crippen LogP contribution in [-0.4, -0.2) is 0 Å². The summed E-state index contributed by atoms with van der Waals surface area (Å²) in [5, 5.41) is 0.876. The molecule has 3 rings (SSSR count). The van der Waals surface area contributed by atoms with Crippen LogP contribution in [0.4, 0.5) is 0 Å². The maximum atomic E-state index is 6.13. The van der Waals surface area contributed by atoms with E-state index < -0.39 is 0 Å². The number of hydrogen-bond acceptors (Lipinski definition) is 1. The second-order valence-electron chi connectivity index (χ2n) is 6.96. The monoisotopic (exact) mass is 316 g/mol. The van der Waals surface area contributed by atoms with Gasteiger partial charge in [-0.2, -0.15) is 0 Å². The van der Waals surface area contributed by atoms with Gasteiger partial charge in [-0.25, -0.2) is 0 Å². The number of hydrogen-bond donors (Lipinski definition) is 0. The quantitative estimate of drug-likeness (QED) is 0.660. The first-order valence-electron chi connectivity index (χ1n) is 8.39. The van der Waals surface area contributed by atoms with Crippen LogP contribution in [0.2, 0.25) is 5.02 Å². The molecule has 1 aromatic heterocycles. The zero-order chi connectivity index (χ0) is 15.5. The highest BCUT2D eigenvalue weighted by Gasteiger charge is 2.23. The molecule has 1 heterocycles. The first-order chi connectivity index (χ1) is 10.6. The molecule has 1 fully saturated rings. The molecule has 1 aromatic carbocycles. The standard InChI is InChI=1S/C20H25ClO/c1-14-8-18(6-7-20(14)21)11-16-4-3-5-17(10-16)12-19-9-15(2)22-13-19/h6-9,13,16-17H,3-5,10-12H2,1-2H3. The van der Waals surface area contributed by atoms with Gasteiger partial charge in [0.15, 0.2) is 0 Å². The van der Waals surface area contributed by atoms with Crippen LogP contribution in [0.25, 0.3) is 0 Å². The summed E-state index contributed by atoms with van der Waals surface area (Å²) in [5.74, 6) is 2.65. The predicted octanol–water partition coefficient (Wildman–Crippen LogP) is 6.14. The summed E-state index contributed by atoms with van der Waals surface area (Å²) in [6.45, 7) is 4.12. The zero-order valence-corrected chi connectivity index (χ0v) is 14.3. The van der Waals surface area contributed by atoms with Crippen molar-refractivity contribution < 1.29 is 4.42 Å². The van der Waals surface area contributed by atoms with Crippen LogP contribution in [0.3, 0.4) is 0 Å². The molecular formula is C20H25ClO. The van der Waals surface area contributed by atoms with Crippen LogP contribution >= 0.6 is 11.6 Å². The summed E-state index contributed by atoms with van der Waals surface area (Å²) in [7, 11) is 0. The van der Waals surface area contributed by atoms with E-state index in [1.807, 2.05) is 19.3 Å². The number of furan rings is 1. The lowest BCUT2D eigenvalue weighted by molar-refractivity contribution is 0.263. The third-order valence-electron chi connectivity index (χ3n) is 4.95. The summed E-state index contributed by atoms with van der Waals surface area (Å²) >= 11 is 6.13. The Labute approximate surface area is 138 Å². The van der Waals surface area contributed by atoms with Crippen molar-refractivity contribution in [1.82, 2.24) is 0 Å². The van der Waals surface area contributed by atoms with Gasteiger partial charge in [-0.15, -0.1) is 0 Å². The molecule has 0 spiro atoms. The minimum Gasteiger partial charge on any atom is -0.469 e. The average Bonchev–Trinajstić information content (AvgIpc) is 2.89. The van der Waals surface area contributed by atoms with E-state index in [9.17, 15) is 0 Å². The molecule has 0 aliphatic heterocycles. The van der Waals surface area contributed by atoms with Crippen molar-refractivity contribution in [2.45, 2.75) is 52.4 Å². The SMILES string of the molecule is Cc1cc(CC2CCCC(Cc3ccc(Cl)c(C)c3)C2)co1. The largest absolute Gasteiger partial charge is 0.469 e. The first kappa shape index (κ1) is 15.7. The van der Waals surface area contributed by atoms with Gasteiger partial charge >= 0.3 is 0 Å². The van der Waals surface area contributed by atoms with Crippen LogP contribution in [0.5, 0.6) is 0 Å². The Hall–Kier alpha value is -1.21. The van der Waals surface area contributed by atoms with Gasteiger partial charge in [0.05, 0.1) is 6.26 Å². The van der Waals surface area contributed by atoms with E-state index in [0.29, 0.717) is 0 Å². The minimum atomic E-state index is 0.809. The third-order valence-corrected chi connectivity index (χ3v) is 5.37. The van der Waals surface area contributed by atoms with E-state index in [1.165, 1.54) is 55.2 Å². The molecule has 1 nitrogen and oxygen atoms in total. The van der Waals surface area contributed by atoms with Crippen molar-refractivity contribution in [2.75, 3.05) is 0 Å². The van der Waals surface area contributed by atoms with Crippen molar-refractivity contribution in [3.63, 3.8) is 0 Å². The Morgan fingerprint density at radius 1 is 1.05 bits per heavy atom. The fourth-order valence-corrected chi connectivity index (χ4v) is 4.00. The lowest BCUT2D eigenvalue weighted by atomic mass is 9.76. The summed E-state index contributed by atoms with van der Waals surface area (Å²) in [6, 6.07) is 8.68. The van der Waals surface area contributed by atoms with Crippen LogP contribution < -0.4 is 0 Å². The minimum absolute atomic E-state index is 0.809. The number of aryl methyl sites for hydroxylation is 2. The van der Waals surface area contributed by atoms with E-state index >= 15 is 0 Å². The highest BCUT2D eigenvalue weighted by molar-refractivity contribution is 6.31. The van der Waals surface area contributed by atoms with Crippen molar-refractivity contribution in [3.05, 3.63) is 58.0 Å². The van der Waals surface area contributed by atoms with Crippen LogP contribution in [0, 0.1) is 25.7 Å². The molecule has 2 unspecified atom stereocenters. The molecule has 0 amide bonds. The van der Waals surface area contributed by atoms with Crippen molar-refractivity contribution in [3.8, 4) is 0 Å². The van der Waals surface area contributed by atoms with Crippen molar-refractivity contribution >= 4 is 11.6 Å². The molecule has 2 heteroatoms.